The Hall–Kier alpha value is -3.74. The van der Waals surface area contributed by atoms with Crippen molar-refractivity contribution < 1.29 is 14.3 Å². The topological polar surface area (TPSA) is 89.8 Å². The summed E-state index contributed by atoms with van der Waals surface area (Å²) in [6, 6.07) is 14.0. The van der Waals surface area contributed by atoms with Gasteiger partial charge in [-0.05, 0) is 36.3 Å². The summed E-state index contributed by atoms with van der Waals surface area (Å²) in [4.78, 5) is 40.4. The second-order valence-electron chi connectivity index (χ2n) is 6.24. The SMILES string of the molecule is CC(=O)N/C(=C\c1ccccc1)C(=O)OCc1cc(=O)n2ccc(C)cc2n1. The fourth-order valence-corrected chi connectivity index (χ4v) is 2.60. The van der Waals surface area contributed by atoms with Crippen LogP contribution < -0.4 is 10.9 Å². The summed E-state index contributed by atoms with van der Waals surface area (Å²) in [5.41, 5.74) is 2.23. The van der Waals surface area contributed by atoms with Crippen molar-refractivity contribution in [3.8, 4) is 0 Å². The molecule has 0 radical (unpaired) electrons. The van der Waals surface area contributed by atoms with Gasteiger partial charge < -0.3 is 10.1 Å². The molecule has 2 aromatic heterocycles. The van der Waals surface area contributed by atoms with Gasteiger partial charge in [-0.25, -0.2) is 9.78 Å². The molecule has 0 aliphatic carbocycles. The lowest BCUT2D eigenvalue weighted by atomic mass is 10.2. The standard InChI is InChI=1S/C21H19N3O4/c1-14-8-9-24-19(10-14)23-17(12-20(24)26)13-28-21(27)18(22-15(2)25)11-16-6-4-3-5-7-16/h3-12H,13H2,1-2H3,(H,22,25)/b18-11-. The second kappa shape index (κ2) is 8.30. The maximum Gasteiger partial charge on any atom is 0.355 e. The Bertz CT molecular complexity index is 1120. The van der Waals surface area contributed by atoms with Crippen LogP contribution in [-0.4, -0.2) is 21.3 Å². The monoisotopic (exact) mass is 377 g/mol. The first-order chi connectivity index (χ1) is 13.4. The number of benzene rings is 1. The van der Waals surface area contributed by atoms with Gasteiger partial charge in [0.15, 0.2) is 0 Å². The van der Waals surface area contributed by atoms with E-state index >= 15 is 0 Å². The minimum Gasteiger partial charge on any atom is -0.455 e. The molecule has 1 amide bonds. The molecule has 3 rings (SSSR count). The molecule has 0 saturated carbocycles. The van der Waals surface area contributed by atoms with Gasteiger partial charge in [0.1, 0.15) is 18.0 Å². The quantitative estimate of drug-likeness (QED) is 0.544. The van der Waals surface area contributed by atoms with E-state index in [2.05, 4.69) is 10.3 Å². The zero-order valence-electron chi connectivity index (χ0n) is 15.5. The highest BCUT2D eigenvalue weighted by atomic mass is 16.5. The van der Waals surface area contributed by atoms with E-state index in [1.54, 1.807) is 24.4 Å². The molecule has 0 aliphatic heterocycles. The summed E-state index contributed by atoms with van der Waals surface area (Å²) in [6.45, 7) is 3.01. The first-order valence-electron chi connectivity index (χ1n) is 8.63. The number of rotatable bonds is 5. The van der Waals surface area contributed by atoms with Gasteiger partial charge in [0, 0.05) is 19.2 Å². The van der Waals surface area contributed by atoms with Crippen LogP contribution in [0.4, 0.5) is 0 Å². The molecule has 2 heterocycles. The van der Waals surface area contributed by atoms with E-state index in [1.807, 2.05) is 31.2 Å². The lowest BCUT2D eigenvalue weighted by Crippen LogP contribution is -2.26. The highest BCUT2D eigenvalue weighted by Crippen LogP contribution is 2.08. The van der Waals surface area contributed by atoms with Crippen LogP contribution in [0.2, 0.25) is 0 Å². The average molecular weight is 377 g/mol. The van der Waals surface area contributed by atoms with E-state index in [0.717, 1.165) is 11.1 Å². The molecule has 0 unspecified atom stereocenters. The smallest absolute Gasteiger partial charge is 0.355 e. The molecule has 0 aliphatic rings. The lowest BCUT2D eigenvalue weighted by molar-refractivity contribution is -0.141. The molecule has 7 nitrogen and oxygen atoms in total. The average Bonchev–Trinajstić information content (AvgIpc) is 2.65. The predicted octanol–water partition coefficient (Wildman–Crippen LogP) is 2.22. The second-order valence-corrected chi connectivity index (χ2v) is 6.24. The van der Waals surface area contributed by atoms with E-state index in [9.17, 15) is 14.4 Å². The van der Waals surface area contributed by atoms with Crippen molar-refractivity contribution in [2.75, 3.05) is 0 Å². The molecule has 0 saturated heterocycles. The molecule has 28 heavy (non-hydrogen) atoms. The number of esters is 1. The first kappa shape index (κ1) is 19.0. The van der Waals surface area contributed by atoms with Gasteiger partial charge in [-0.2, -0.15) is 0 Å². The Morgan fingerprint density at radius 3 is 2.64 bits per heavy atom. The van der Waals surface area contributed by atoms with Crippen molar-refractivity contribution in [2.45, 2.75) is 20.5 Å². The summed E-state index contributed by atoms with van der Waals surface area (Å²) in [5, 5.41) is 2.47. The number of ether oxygens (including phenoxy) is 1. The molecule has 0 atom stereocenters. The van der Waals surface area contributed by atoms with Crippen LogP contribution in [0.1, 0.15) is 23.7 Å². The Labute approximate surface area is 161 Å². The molecule has 3 aromatic rings. The lowest BCUT2D eigenvalue weighted by Gasteiger charge is -2.09. The Morgan fingerprint density at radius 2 is 1.93 bits per heavy atom. The maximum absolute atomic E-state index is 12.4. The van der Waals surface area contributed by atoms with E-state index in [0.29, 0.717) is 11.3 Å². The molecule has 1 aromatic carbocycles. The number of carbonyl (C=O) groups excluding carboxylic acids is 2. The minimum atomic E-state index is -0.717. The molecule has 0 bridgehead atoms. The van der Waals surface area contributed by atoms with Gasteiger partial charge in [-0.15, -0.1) is 0 Å². The van der Waals surface area contributed by atoms with Gasteiger partial charge in [-0.1, -0.05) is 30.3 Å². The van der Waals surface area contributed by atoms with Crippen molar-refractivity contribution in [1.82, 2.24) is 14.7 Å². The van der Waals surface area contributed by atoms with Crippen molar-refractivity contribution in [1.29, 1.82) is 0 Å². The van der Waals surface area contributed by atoms with E-state index < -0.39 is 11.9 Å². The van der Waals surface area contributed by atoms with E-state index in [-0.39, 0.29) is 17.9 Å². The minimum absolute atomic E-state index is 0.00653. The number of hydrogen-bond donors (Lipinski definition) is 1. The van der Waals surface area contributed by atoms with Gasteiger partial charge in [0.05, 0.1) is 5.69 Å². The fraction of sp³-hybridized carbons (Fsp3) is 0.143. The number of carbonyl (C=O) groups is 2. The number of nitrogens with zero attached hydrogens (tertiary/aromatic N) is 2. The third-order valence-electron chi connectivity index (χ3n) is 3.87. The molecule has 7 heteroatoms. The van der Waals surface area contributed by atoms with Crippen LogP contribution >= 0.6 is 0 Å². The number of aromatic nitrogens is 2. The number of fused-ring (bicyclic) bond motifs is 1. The Balaban J connectivity index is 1.81. The Kier molecular flexibility index (Phi) is 5.64. The summed E-state index contributed by atoms with van der Waals surface area (Å²) in [7, 11) is 0. The molecule has 0 spiro atoms. The van der Waals surface area contributed by atoms with Gasteiger partial charge >= 0.3 is 5.97 Å². The van der Waals surface area contributed by atoms with Crippen molar-refractivity contribution in [3.63, 3.8) is 0 Å². The highest BCUT2D eigenvalue weighted by molar-refractivity contribution is 5.97. The number of aryl methyl sites for hydroxylation is 1. The number of nitrogens with one attached hydrogen (secondary N) is 1. The predicted molar refractivity (Wildman–Crippen MR) is 104 cm³/mol. The largest absolute Gasteiger partial charge is 0.455 e. The van der Waals surface area contributed by atoms with Crippen LogP contribution in [0, 0.1) is 6.92 Å². The number of hydrogen-bond acceptors (Lipinski definition) is 5. The van der Waals surface area contributed by atoms with Gasteiger partial charge in [-0.3, -0.25) is 14.0 Å². The zero-order chi connectivity index (χ0) is 20.1. The van der Waals surface area contributed by atoms with Crippen molar-refractivity contribution in [3.05, 3.63) is 87.6 Å². The zero-order valence-corrected chi connectivity index (χ0v) is 15.5. The third-order valence-corrected chi connectivity index (χ3v) is 3.87. The van der Waals surface area contributed by atoms with Crippen LogP contribution in [0.3, 0.4) is 0 Å². The first-order valence-corrected chi connectivity index (χ1v) is 8.63. The molecular formula is C21H19N3O4. The fourth-order valence-electron chi connectivity index (χ4n) is 2.60. The maximum atomic E-state index is 12.4. The molecular weight excluding hydrogens is 358 g/mol. The van der Waals surface area contributed by atoms with E-state index in [1.165, 1.54) is 23.5 Å². The summed E-state index contributed by atoms with van der Waals surface area (Å²) < 4.78 is 6.68. The van der Waals surface area contributed by atoms with Crippen molar-refractivity contribution >= 4 is 23.6 Å². The normalized spacial score (nSPS) is 11.3. The summed E-state index contributed by atoms with van der Waals surface area (Å²) in [6.07, 6.45) is 3.17. The summed E-state index contributed by atoms with van der Waals surface area (Å²) in [5.74, 6) is -1.11. The number of pyridine rings is 1. The van der Waals surface area contributed by atoms with Crippen LogP contribution in [0.5, 0.6) is 0 Å². The highest BCUT2D eigenvalue weighted by Gasteiger charge is 2.14. The summed E-state index contributed by atoms with van der Waals surface area (Å²) >= 11 is 0. The van der Waals surface area contributed by atoms with Gasteiger partial charge in [0.25, 0.3) is 5.56 Å². The van der Waals surface area contributed by atoms with Crippen LogP contribution in [0.15, 0.2) is 65.2 Å². The van der Waals surface area contributed by atoms with E-state index in [4.69, 9.17) is 4.74 Å². The van der Waals surface area contributed by atoms with Gasteiger partial charge in [0.2, 0.25) is 5.91 Å². The molecule has 0 fully saturated rings. The van der Waals surface area contributed by atoms with Crippen LogP contribution in [-0.2, 0) is 20.9 Å². The number of amides is 1. The molecule has 142 valence electrons. The third kappa shape index (κ3) is 4.70. The van der Waals surface area contributed by atoms with Crippen molar-refractivity contribution in [2.24, 2.45) is 0 Å². The van der Waals surface area contributed by atoms with Crippen LogP contribution in [0.25, 0.3) is 11.7 Å². The Morgan fingerprint density at radius 1 is 1.18 bits per heavy atom. The molecule has 1 N–H and O–H groups in total.